The van der Waals surface area contributed by atoms with E-state index in [2.05, 4.69) is 9.82 Å². The summed E-state index contributed by atoms with van der Waals surface area (Å²) in [6.45, 7) is 2.33. The molecule has 26 heavy (non-hydrogen) atoms. The Balaban J connectivity index is 1.84. The number of halogens is 3. The summed E-state index contributed by atoms with van der Waals surface area (Å²) in [5.74, 6) is 0.201. The molecule has 0 bridgehead atoms. The van der Waals surface area contributed by atoms with Crippen LogP contribution in [-0.2, 0) is 16.6 Å². The molecule has 0 unspecified atom stereocenters. The molecule has 0 spiro atoms. The molecule has 0 amide bonds. The summed E-state index contributed by atoms with van der Waals surface area (Å²) in [6.07, 6.45) is 0. The summed E-state index contributed by atoms with van der Waals surface area (Å²) in [4.78, 5) is -0.100. The van der Waals surface area contributed by atoms with E-state index in [4.69, 9.17) is 34.8 Å². The highest BCUT2D eigenvalue weighted by Gasteiger charge is 2.20. The van der Waals surface area contributed by atoms with Crippen molar-refractivity contribution >= 4 is 50.6 Å². The number of hydrogen-bond acceptors (Lipinski definition) is 3. The van der Waals surface area contributed by atoms with Crippen LogP contribution in [0.25, 0.3) is 0 Å². The van der Waals surface area contributed by atoms with Crippen LogP contribution in [0.4, 0.5) is 5.82 Å². The van der Waals surface area contributed by atoms with Crippen molar-refractivity contribution < 1.29 is 8.42 Å². The number of benzene rings is 2. The average Bonchev–Trinajstić information content (AvgIpc) is 2.90. The molecule has 0 fully saturated rings. The summed E-state index contributed by atoms with van der Waals surface area (Å²) in [5, 5.41) is 5.32. The number of hydrogen-bond donors (Lipinski definition) is 1. The second-order valence-corrected chi connectivity index (χ2v) is 8.57. The van der Waals surface area contributed by atoms with Gasteiger partial charge in [0.2, 0.25) is 0 Å². The first-order valence-electron chi connectivity index (χ1n) is 7.51. The molecule has 0 aliphatic rings. The lowest BCUT2D eigenvalue weighted by Gasteiger charge is -2.08. The largest absolute Gasteiger partial charge is 0.264 e. The van der Waals surface area contributed by atoms with Gasteiger partial charge < -0.3 is 0 Å². The second kappa shape index (κ2) is 7.48. The normalized spacial score (nSPS) is 11.5. The standard InChI is InChI=1S/C17H14Cl3N3O2S/c1-11-8-17(21-23(11)10-12-2-4-13(18)5-3-12)22-26(24,25)16-9-14(19)6-7-15(16)20/h2-9H,10H2,1H3,(H,21,22). The van der Waals surface area contributed by atoms with Crippen LogP contribution in [0.1, 0.15) is 11.3 Å². The van der Waals surface area contributed by atoms with Gasteiger partial charge in [0.15, 0.2) is 5.82 Å². The van der Waals surface area contributed by atoms with Crippen molar-refractivity contribution in [2.45, 2.75) is 18.4 Å². The summed E-state index contributed by atoms with van der Waals surface area (Å²) in [7, 11) is -3.91. The van der Waals surface area contributed by atoms with E-state index in [1.54, 1.807) is 22.9 Å². The molecule has 3 rings (SSSR count). The van der Waals surface area contributed by atoms with Crippen molar-refractivity contribution in [2.75, 3.05) is 4.72 Å². The minimum atomic E-state index is -3.91. The zero-order valence-corrected chi connectivity index (χ0v) is 16.7. The van der Waals surface area contributed by atoms with Crippen LogP contribution in [0.5, 0.6) is 0 Å². The Kier molecular flexibility index (Phi) is 5.48. The SMILES string of the molecule is Cc1cc(NS(=O)(=O)c2cc(Cl)ccc2Cl)nn1Cc1ccc(Cl)cc1. The number of aromatic nitrogens is 2. The molecule has 0 saturated heterocycles. The van der Waals surface area contributed by atoms with Gasteiger partial charge in [-0.05, 0) is 42.8 Å². The number of rotatable bonds is 5. The van der Waals surface area contributed by atoms with E-state index >= 15 is 0 Å². The van der Waals surface area contributed by atoms with Crippen LogP contribution in [0.3, 0.4) is 0 Å². The Hall–Kier alpha value is -1.73. The Morgan fingerprint density at radius 1 is 1.00 bits per heavy atom. The number of nitrogens with one attached hydrogen (secondary N) is 1. The lowest BCUT2D eigenvalue weighted by Crippen LogP contribution is -2.14. The molecule has 9 heteroatoms. The summed E-state index contributed by atoms with van der Waals surface area (Å²) in [5.41, 5.74) is 1.79. The third-order valence-electron chi connectivity index (χ3n) is 3.65. The van der Waals surface area contributed by atoms with Crippen molar-refractivity contribution in [3.05, 3.63) is 74.9 Å². The molecule has 2 aromatic carbocycles. The van der Waals surface area contributed by atoms with Crippen LogP contribution in [0, 0.1) is 6.92 Å². The lowest BCUT2D eigenvalue weighted by atomic mass is 10.2. The summed E-state index contributed by atoms with van der Waals surface area (Å²) in [6, 6.07) is 13.3. The van der Waals surface area contributed by atoms with E-state index in [9.17, 15) is 8.42 Å². The average molecular weight is 431 g/mol. The zero-order chi connectivity index (χ0) is 18.9. The number of nitrogens with zero attached hydrogens (tertiary/aromatic N) is 2. The monoisotopic (exact) mass is 429 g/mol. The first-order chi connectivity index (χ1) is 12.2. The van der Waals surface area contributed by atoms with Gasteiger partial charge >= 0.3 is 0 Å². The maximum atomic E-state index is 12.6. The second-order valence-electron chi connectivity index (χ2n) is 5.64. The fourth-order valence-corrected chi connectivity index (χ4v) is 4.24. The zero-order valence-electron chi connectivity index (χ0n) is 13.6. The van der Waals surface area contributed by atoms with Crippen LogP contribution in [0.15, 0.2) is 53.4 Å². The molecule has 0 aliphatic heterocycles. The van der Waals surface area contributed by atoms with Gasteiger partial charge in [-0.25, -0.2) is 8.42 Å². The molecule has 5 nitrogen and oxygen atoms in total. The number of anilines is 1. The minimum Gasteiger partial charge on any atom is -0.263 e. The van der Waals surface area contributed by atoms with E-state index in [0.717, 1.165) is 11.3 Å². The van der Waals surface area contributed by atoms with Gasteiger partial charge in [0.25, 0.3) is 10.0 Å². The minimum absolute atomic E-state index is 0.0826. The quantitative estimate of drug-likeness (QED) is 0.619. The fourth-order valence-electron chi connectivity index (χ4n) is 2.36. The Labute approximate surface area is 166 Å². The van der Waals surface area contributed by atoms with Crippen LogP contribution in [0.2, 0.25) is 15.1 Å². The van der Waals surface area contributed by atoms with Gasteiger partial charge in [-0.3, -0.25) is 9.40 Å². The highest BCUT2D eigenvalue weighted by molar-refractivity contribution is 7.92. The Morgan fingerprint density at radius 3 is 2.35 bits per heavy atom. The van der Waals surface area contributed by atoms with Gasteiger partial charge in [-0.2, -0.15) is 5.10 Å². The smallest absolute Gasteiger partial charge is 0.263 e. The maximum Gasteiger partial charge on any atom is 0.264 e. The van der Waals surface area contributed by atoms with Crippen molar-refractivity contribution in [3.8, 4) is 0 Å². The van der Waals surface area contributed by atoms with Gasteiger partial charge in [0.05, 0.1) is 11.6 Å². The van der Waals surface area contributed by atoms with E-state index in [-0.39, 0.29) is 20.8 Å². The number of aryl methyl sites for hydroxylation is 1. The first-order valence-corrected chi connectivity index (χ1v) is 10.1. The Bertz CT molecular complexity index is 1050. The number of sulfonamides is 1. The van der Waals surface area contributed by atoms with Gasteiger partial charge in [0.1, 0.15) is 4.90 Å². The topological polar surface area (TPSA) is 64.0 Å². The third-order valence-corrected chi connectivity index (χ3v) is 5.97. The molecule has 1 N–H and O–H groups in total. The Morgan fingerprint density at radius 2 is 1.65 bits per heavy atom. The predicted octanol–water partition coefficient (Wildman–Crippen LogP) is 5.00. The van der Waals surface area contributed by atoms with E-state index in [1.807, 2.05) is 19.1 Å². The van der Waals surface area contributed by atoms with Crippen LogP contribution < -0.4 is 4.72 Å². The molecule has 1 aromatic heterocycles. The van der Waals surface area contributed by atoms with Gasteiger partial charge in [-0.1, -0.05) is 46.9 Å². The van der Waals surface area contributed by atoms with E-state index in [1.165, 1.54) is 18.2 Å². The van der Waals surface area contributed by atoms with Gasteiger partial charge in [0, 0.05) is 21.8 Å². The highest BCUT2D eigenvalue weighted by Crippen LogP contribution is 2.26. The molecule has 0 aliphatic carbocycles. The van der Waals surface area contributed by atoms with Crippen molar-refractivity contribution in [3.63, 3.8) is 0 Å². The summed E-state index contributed by atoms with van der Waals surface area (Å²) < 4.78 is 29.3. The molecule has 136 valence electrons. The maximum absolute atomic E-state index is 12.6. The van der Waals surface area contributed by atoms with Gasteiger partial charge in [-0.15, -0.1) is 0 Å². The molecular formula is C17H14Cl3N3O2S. The summed E-state index contributed by atoms with van der Waals surface area (Å²) >= 11 is 17.8. The molecular weight excluding hydrogens is 417 g/mol. The predicted molar refractivity (Wildman–Crippen MR) is 105 cm³/mol. The molecule has 0 radical (unpaired) electrons. The molecule has 3 aromatic rings. The van der Waals surface area contributed by atoms with Crippen molar-refractivity contribution in [1.82, 2.24) is 9.78 Å². The van der Waals surface area contributed by atoms with Crippen LogP contribution in [-0.4, -0.2) is 18.2 Å². The first kappa shape index (κ1) is 19.0. The molecule has 0 atom stereocenters. The molecule has 1 heterocycles. The third kappa shape index (κ3) is 4.32. The van der Waals surface area contributed by atoms with E-state index in [0.29, 0.717) is 11.6 Å². The highest BCUT2D eigenvalue weighted by atomic mass is 35.5. The van der Waals surface area contributed by atoms with Crippen molar-refractivity contribution in [2.24, 2.45) is 0 Å². The van der Waals surface area contributed by atoms with Crippen LogP contribution >= 0.6 is 34.8 Å². The fraction of sp³-hybridized carbons (Fsp3) is 0.118. The van der Waals surface area contributed by atoms with E-state index < -0.39 is 10.0 Å². The molecule has 0 saturated carbocycles. The lowest BCUT2D eigenvalue weighted by molar-refractivity contribution is 0.600. The van der Waals surface area contributed by atoms with Crippen molar-refractivity contribution in [1.29, 1.82) is 0 Å².